The number of aliphatic hydroxyl groups is 1. The molecule has 3 rings (SSSR count). The van der Waals surface area contributed by atoms with Crippen molar-refractivity contribution in [3.05, 3.63) is 58.6 Å². The van der Waals surface area contributed by atoms with Crippen LogP contribution >= 0.6 is 11.6 Å². The van der Waals surface area contributed by atoms with Crippen LogP contribution in [-0.4, -0.2) is 51.3 Å². The number of rotatable bonds is 6. The van der Waals surface area contributed by atoms with Crippen LogP contribution in [0.1, 0.15) is 36.3 Å². The summed E-state index contributed by atoms with van der Waals surface area (Å²) in [5.41, 5.74) is 2.06. The number of hydrogen-bond acceptors (Lipinski definition) is 4. The van der Waals surface area contributed by atoms with Crippen molar-refractivity contribution in [3.63, 3.8) is 0 Å². The zero-order valence-corrected chi connectivity index (χ0v) is 18.0. The fourth-order valence-electron chi connectivity index (χ4n) is 4.10. The zero-order valence-electron chi connectivity index (χ0n) is 17.3. The van der Waals surface area contributed by atoms with Gasteiger partial charge in [0.25, 0.3) is 0 Å². The Morgan fingerprint density at radius 3 is 2.46 bits per heavy atom. The van der Waals surface area contributed by atoms with E-state index in [1.165, 1.54) is 0 Å². The van der Waals surface area contributed by atoms with Crippen LogP contribution in [0.5, 0.6) is 5.75 Å². The molecule has 28 heavy (non-hydrogen) atoms. The molecule has 2 atom stereocenters. The van der Waals surface area contributed by atoms with Crippen molar-refractivity contribution in [1.29, 1.82) is 0 Å². The molecule has 0 unspecified atom stereocenters. The Morgan fingerprint density at radius 2 is 1.82 bits per heavy atom. The Hall–Kier alpha value is -1.75. The highest BCUT2D eigenvalue weighted by Gasteiger charge is 2.42. The molecule has 1 aliphatic rings. The molecule has 0 bridgehead atoms. The third kappa shape index (κ3) is 4.45. The molecule has 0 saturated carbocycles. The normalized spacial score (nSPS) is 21.8. The predicted molar refractivity (Wildman–Crippen MR) is 117 cm³/mol. The molecule has 4 nitrogen and oxygen atoms in total. The first kappa shape index (κ1) is 21.0. The Balaban J connectivity index is 2.02. The van der Waals surface area contributed by atoms with E-state index in [-0.39, 0.29) is 5.92 Å². The smallest absolute Gasteiger partial charge is 0.125 e. The fraction of sp³-hybridized carbons (Fsp3) is 0.478. The van der Waals surface area contributed by atoms with Crippen LogP contribution in [0.2, 0.25) is 5.02 Å². The van der Waals surface area contributed by atoms with Gasteiger partial charge in [-0.05, 0) is 75.8 Å². The van der Waals surface area contributed by atoms with Crippen LogP contribution in [0.3, 0.4) is 0 Å². The van der Waals surface area contributed by atoms with Crippen molar-refractivity contribution in [2.75, 3.05) is 46.2 Å². The average Bonchev–Trinajstić information content (AvgIpc) is 2.79. The zero-order chi connectivity index (χ0) is 20.3. The molecule has 2 aromatic rings. The van der Waals surface area contributed by atoms with Gasteiger partial charge >= 0.3 is 0 Å². The van der Waals surface area contributed by atoms with Gasteiger partial charge in [0.05, 0.1) is 6.61 Å². The highest BCUT2D eigenvalue weighted by atomic mass is 35.5. The van der Waals surface area contributed by atoms with Crippen molar-refractivity contribution in [1.82, 2.24) is 4.90 Å². The van der Waals surface area contributed by atoms with Gasteiger partial charge in [-0.25, -0.2) is 0 Å². The Morgan fingerprint density at radius 1 is 1.11 bits per heavy atom. The van der Waals surface area contributed by atoms with Gasteiger partial charge < -0.3 is 19.6 Å². The minimum Gasteiger partial charge on any atom is -0.493 e. The van der Waals surface area contributed by atoms with Crippen LogP contribution in [0.25, 0.3) is 0 Å². The van der Waals surface area contributed by atoms with Crippen LogP contribution in [0.4, 0.5) is 5.69 Å². The third-order valence-electron chi connectivity index (χ3n) is 5.62. The first-order valence-corrected chi connectivity index (χ1v) is 10.3. The molecule has 0 radical (unpaired) electrons. The summed E-state index contributed by atoms with van der Waals surface area (Å²) < 4.78 is 6.00. The number of anilines is 1. The highest BCUT2D eigenvalue weighted by Crippen LogP contribution is 2.48. The maximum absolute atomic E-state index is 12.1. The van der Waals surface area contributed by atoms with Gasteiger partial charge in [-0.1, -0.05) is 23.7 Å². The molecule has 0 spiro atoms. The number of ether oxygens (including phenoxy) is 1. The lowest BCUT2D eigenvalue weighted by Gasteiger charge is -2.36. The lowest BCUT2D eigenvalue weighted by molar-refractivity contribution is -0.00492. The summed E-state index contributed by atoms with van der Waals surface area (Å²) in [6, 6.07) is 14.1. The minimum absolute atomic E-state index is 0.0504. The first-order valence-electron chi connectivity index (χ1n) is 9.88. The third-order valence-corrected chi connectivity index (χ3v) is 5.86. The van der Waals surface area contributed by atoms with Crippen molar-refractivity contribution < 1.29 is 9.84 Å². The summed E-state index contributed by atoms with van der Waals surface area (Å²) in [5, 5.41) is 12.7. The minimum atomic E-state index is -1.02. The summed E-state index contributed by atoms with van der Waals surface area (Å²) in [6.07, 6.45) is 2.30. The topological polar surface area (TPSA) is 35.9 Å². The van der Waals surface area contributed by atoms with E-state index in [9.17, 15) is 5.11 Å². The average molecular weight is 403 g/mol. The Kier molecular flexibility index (Phi) is 6.54. The van der Waals surface area contributed by atoms with E-state index in [1.54, 1.807) is 0 Å². The van der Waals surface area contributed by atoms with E-state index >= 15 is 0 Å². The molecule has 0 saturated heterocycles. The predicted octanol–water partition coefficient (Wildman–Crippen LogP) is 4.50. The second kappa shape index (κ2) is 8.73. The van der Waals surface area contributed by atoms with Crippen LogP contribution in [0.15, 0.2) is 42.5 Å². The maximum atomic E-state index is 12.1. The highest BCUT2D eigenvalue weighted by molar-refractivity contribution is 6.30. The van der Waals surface area contributed by atoms with Gasteiger partial charge in [-0.2, -0.15) is 0 Å². The number of halogens is 1. The van der Waals surface area contributed by atoms with E-state index in [0.29, 0.717) is 18.1 Å². The molecular weight excluding hydrogens is 372 g/mol. The number of benzene rings is 2. The van der Waals surface area contributed by atoms with Gasteiger partial charge in [0.1, 0.15) is 11.4 Å². The maximum Gasteiger partial charge on any atom is 0.125 e. The van der Waals surface area contributed by atoms with Gasteiger partial charge in [0, 0.05) is 36.3 Å². The molecule has 152 valence electrons. The molecule has 1 aliphatic heterocycles. The second-order valence-corrected chi connectivity index (χ2v) is 8.58. The SMILES string of the molecule is CN(C)CCC[C@@]1(O)c2cc(Cl)ccc2OCC[C@@H]1c1ccc(N(C)C)cc1. The molecule has 0 aliphatic carbocycles. The molecular formula is C23H31ClN2O2. The summed E-state index contributed by atoms with van der Waals surface area (Å²) in [6.45, 7) is 1.50. The van der Waals surface area contributed by atoms with Crippen molar-refractivity contribution in [3.8, 4) is 5.75 Å². The number of nitrogens with zero attached hydrogens (tertiary/aromatic N) is 2. The van der Waals surface area contributed by atoms with E-state index in [0.717, 1.165) is 42.0 Å². The van der Waals surface area contributed by atoms with Crippen molar-refractivity contribution in [2.45, 2.75) is 30.8 Å². The van der Waals surface area contributed by atoms with Gasteiger partial charge in [-0.15, -0.1) is 0 Å². The fourth-order valence-corrected chi connectivity index (χ4v) is 4.27. The lowest BCUT2D eigenvalue weighted by atomic mass is 9.73. The molecule has 0 aromatic heterocycles. The molecule has 5 heteroatoms. The quantitative estimate of drug-likeness (QED) is 0.771. The Labute approximate surface area is 173 Å². The van der Waals surface area contributed by atoms with Crippen LogP contribution in [-0.2, 0) is 5.60 Å². The van der Waals surface area contributed by atoms with E-state index < -0.39 is 5.60 Å². The molecule has 0 amide bonds. The van der Waals surface area contributed by atoms with Crippen molar-refractivity contribution in [2.24, 2.45) is 0 Å². The van der Waals surface area contributed by atoms with E-state index in [2.05, 4.69) is 48.2 Å². The second-order valence-electron chi connectivity index (χ2n) is 8.15. The van der Waals surface area contributed by atoms with Crippen LogP contribution < -0.4 is 9.64 Å². The molecule has 2 aromatic carbocycles. The standard InChI is InChI=1S/C23H31ClN2O2/c1-25(2)14-5-13-23(27)20(17-6-9-19(10-7-17)26(3)4)12-15-28-22-11-8-18(24)16-21(22)23/h6-11,16,20,27H,5,12-15H2,1-4H3/t20-,23+/m1/s1. The summed E-state index contributed by atoms with van der Waals surface area (Å²) in [4.78, 5) is 4.23. The number of fused-ring (bicyclic) bond motifs is 1. The van der Waals surface area contributed by atoms with Crippen LogP contribution in [0, 0.1) is 0 Å². The number of hydrogen-bond donors (Lipinski definition) is 1. The van der Waals surface area contributed by atoms with Gasteiger partial charge in [0.2, 0.25) is 0 Å². The van der Waals surface area contributed by atoms with Crippen molar-refractivity contribution >= 4 is 17.3 Å². The molecule has 0 fully saturated rings. The van der Waals surface area contributed by atoms with Gasteiger partial charge in [0.15, 0.2) is 0 Å². The summed E-state index contributed by atoms with van der Waals surface area (Å²) >= 11 is 6.31. The lowest BCUT2D eigenvalue weighted by Crippen LogP contribution is -2.34. The molecule has 1 heterocycles. The summed E-state index contributed by atoms with van der Waals surface area (Å²) in [7, 11) is 8.18. The first-order chi connectivity index (χ1) is 13.3. The molecule has 1 N–H and O–H groups in total. The summed E-state index contributed by atoms with van der Waals surface area (Å²) in [5.74, 6) is 0.690. The Bertz CT molecular complexity index is 792. The monoisotopic (exact) mass is 402 g/mol. The van der Waals surface area contributed by atoms with Gasteiger partial charge in [-0.3, -0.25) is 0 Å². The van der Waals surface area contributed by atoms with E-state index in [4.69, 9.17) is 16.3 Å². The van der Waals surface area contributed by atoms with E-state index in [1.807, 2.05) is 32.3 Å². The largest absolute Gasteiger partial charge is 0.493 e.